The van der Waals surface area contributed by atoms with E-state index in [0.29, 0.717) is 6.54 Å². The van der Waals surface area contributed by atoms with Gasteiger partial charge >= 0.3 is 0 Å². The molecule has 4 rings (SSSR count). The Morgan fingerprint density at radius 2 is 1.70 bits per heavy atom. The Morgan fingerprint density at radius 1 is 1.00 bits per heavy atom. The molecule has 0 spiro atoms. The second kappa shape index (κ2) is 8.05. The fourth-order valence-electron chi connectivity index (χ4n) is 4.52. The first kappa shape index (κ1) is 20.9. The molecule has 0 amide bonds. The quantitative estimate of drug-likeness (QED) is 0.689. The lowest BCUT2D eigenvalue weighted by molar-refractivity contribution is 0.193. The monoisotopic (exact) mass is 406 g/mol. The molecule has 5 nitrogen and oxygen atoms in total. The van der Waals surface area contributed by atoms with Gasteiger partial charge in [0.2, 0.25) is 5.95 Å². The van der Waals surface area contributed by atoms with Crippen LogP contribution in [0.25, 0.3) is 11.0 Å². The van der Waals surface area contributed by atoms with E-state index in [0.717, 1.165) is 43.3 Å². The summed E-state index contributed by atoms with van der Waals surface area (Å²) in [7, 11) is 0. The zero-order chi connectivity index (χ0) is 21.5. The molecule has 1 N–H and O–H groups in total. The standard InChI is InChI=1S/C25H34N4O/c1-18-14-20(25(3,4)5)15-19(2)21(18)10-11-27-16-28(12-13-30)24-26-22-8-6-7-9-23(22)29(24)17-27/h6-9,14-15,30H,10-13,16-17H2,1-5H3. The molecule has 0 radical (unpaired) electrons. The normalized spacial score (nSPS) is 15.1. The molecule has 0 bridgehead atoms. The largest absolute Gasteiger partial charge is 0.395 e. The summed E-state index contributed by atoms with van der Waals surface area (Å²) in [5.41, 5.74) is 7.98. The molecule has 2 heterocycles. The molecule has 1 aromatic heterocycles. The maximum atomic E-state index is 9.58. The summed E-state index contributed by atoms with van der Waals surface area (Å²) in [5, 5.41) is 9.58. The first-order chi connectivity index (χ1) is 14.3. The van der Waals surface area contributed by atoms with Gasteiger partial charge in [-0.05, 0) is 60.1 Å². The summed E-state index contributed by atoms with van der Waals surface area (Å²) in [4.78, 5) is 9.46. The molecular weight excluding hydrogens is 372 g/mol. The van der Waals surface area contributed by atoms with Crippen LogP contribution in [0.4, 0.5) is 5.95 Å². The van der Waals surface area contributed by atoms with E-state index in [-0.39, 0.29) is 12.0 Å². The molecule has 2 aromatic carbocycles. The second-order valence-electron chi connectivity index (χ2n) is 9.58. The van der Waals surface area contributed by atoms with E-state index in [1.54, 1.807) is 0 Å². The zero-order valence-electron chi connectivity index (χ0n) is 18.9. The molecular formula is C25H34N4O. The summed E-state index contributed by atoms with van der Waals surface area (Å²) in [6.07, 6.45) is 1.02. The molecule has 3 aromatic rings. The van der Waals surface area contributed by atoms with Crippen molar-refractivity contribution in [2.45, 2.75) is 53.1 Å². The van der Waals surface area contributed by atoms with Crippen molar-refractivity contribution in [2.24, 2.45) is 0 Å². The van der Waals surface area contributed by atoms with Crippen LogP contribution in [0.2, 0.25) is 0 Å². The fourth-order valence-corrected chi connectivity index (χ4v) is 4.52. The number of β-amino-alcohol motifs (C(OH)–C–C–N with tert-alkyl or cyclic N) is 1. The number of benzene rings is 2. The van der Waals surface area contributed by atoms with E-state index in [9.17, 15) is 5.11 Å². The first-order valence-corrected chi connectivity index (χ1v) is 10.9. The van der Waals surface area contributed by atoms with Gasteiger partial charge in [0.1, 0.15) is 0 Å². The molecule has 0 atom stereocenters. The Hall–Kier alpha value is -2.37. The number of hydrogen-bond donors (Lipinski definition) is 1. The smallest absolute Gasteiger partial charge is 0.208 e. The van der Waals surface area contributed by atoms with E-state index in [4.69, 9.17) is 4.98 Å². The van der Waals surface area contributed by atoms with Crippen molar-refractivity contribution in [2.75, 3.05) is 31.3 Å². The lowest BCUT2D eigenvalue weighted by atomic mass is 9.83. The van der Waals surface area contributed by atoms with Gasteiger partial charge in [0.05, 0.1) is 31.0 Å². The van der Waals surface area contributed by atoms with Crippen LogP contribution in [0.5, 0.6) is 0 Å². The minimum absolute atomic E-state index is 0.128. The molecule has 0 aliphatic carbocycles. The van der Waals surface area contributed by atoms with Crippen molar-refractivity contribution < 1.29 is 5.11 Å². The third-order valence-corrected chi connectivity index (χ3v) is 6.24. The number of aliphatic hydroxyl groups is 1. The number of fused-ring (bicyclic) bond motifs is 3. The molecule has 5 heteroatoms. The summed E-state index contributed by atoms with van der Waals surface area (Å²) >= 11 is 0. The van der Waals surface area contributed by atoms with Crippen molar-refractivity contribution in [1.29, 1.82) is 0 Å². The Bertz CT molecular complexity index is 1020. The summed E-state index contributed by atoms with van der Waals surface area (Å²) in [6, 6.07) is 13.0. The SMILES string of the molecule is Cc1cc(C(C)(C)C)cc(C)c1CCN1CN(CCO)c2nc3ccccc3n2C1. The maximum absolute atomic E-state index is 9.58. The fraction of sp³-hybridized carbons (Fsp3) is 0.480. The third kappa shape index (κ3) is 3.96. The number of aliphatic hydroxyl groups excluding tert-OH is 1. The zero-order valence-corrected chi connectivity index (χ0v) is 18.9. The number of nitrogens with zero attached hydrogens (tertiary/aromatic N) is 4. The van der Waals surface area contributed by atoms with Crippen LogP contribution in [0.1, 0.15) is 43.0 Å². The van der Waals surface area contributed by atoms with Crippen molar-refractivity contribution in [3.8, 4) is 0 Å². The van der Waals surface area contributed by atoms with Gasteiger partial charge in [-0.2, -0.15) is 0 Å². The van der Waals surface area contributed by atoms with Gasteiger partial charge < -0.3 is 10.0 Å². The van der Waals surface area contributed by atoms with Crippen LogP contribution in [-0.4, -0.2) is 45.9 Å². The van der Waals surface area contributed by atoms with Crippen LogP contribution in [-0.2, 0) is 18.5 Å². The first-order valence-electron chi connectivity index (χ1n) is 10.9. The lowest BCUT2D eigenvalue weighted by Crippen LogP contribution is -2.46. The summed E-state index contributed by atoms with van der Waals surface area (Å²) in [5.74, 6) is 0.961. The highest BCUT2D eigenvalue weighted by atomic mass is 16.3. The average molecular weight is 407 g/mol. The van der Waals surface area contributed by atoms with Gasteiger partial charge in [-0.1, -0.05) is 45.0 Å². The number of para-hydroxylation sites is 2. The molecule has 0 unspecified atom stereocenters. The molecule has 1 aliphatic rings. The predicted molar refractivity (Wildman–Crippen MR) is 124 cm³/mol. The van der Waals surface area contributed by atoms with Crippen molar-refractivity contribution >= 4 is 17.0 Å². The van der Waals surface area contributed by atoms with Gasteiger partial charge in [0.15, 0.2) is 0 Å². The highest BCUT2D eigenvalue weighted by Gasteiger charge is 2.25. The summed E-state index contributed by atoms with van der Waals surface area (Å²) in [6.45, 7) is 14.6. The molecule has 30 heavy (non-hydrogen) atoms. The highest BCUT2D eigenvalue weighted by molar-refractivity contribution is 5.79. The van der Waals surface area contributed by atoms with Crippen LogP contribution >= 0.6 is 0 Å². The lowest BCUT2D eigenvalue weighted by Gasteiger charge is -2.37. The third-order valence-electron chi connectivity index (χ3n) is 6.24. The molecule has 0 fully saturated rings. The Labute approximate surface area is 179 Å². The Morgan fingerprint density at radius 3 is 2.37 bits per heavy atom. The van der Waals surface area contributed by atoms with Crippen LogP contribution < -0.4 is 4.90 Å². The number of hydrogen-bond acceptors (Lipinski definition) is 4. The minimum atomic E-state index is 0.128. The number of rotatable bonds is 5. The van der Waals surface area contributed by atoms with Gasteiger partial charge in [-0.3, -0.25) is 9.47 Å². The van der Waals surface area contributed by atoms with Crippen molar-refractivity contribution in [1.82, 2.24) is 14.5 Å². The predicted octanol–water partition coefficient (Wildman–Crippen LogP) is 4.22. The maximum Gasteiger partial charge on any atom is 0.208 e. The second-order valence-corrected chi connectivity index (χ2v) is 9.58. The number of aryl methyl sites for hydroxylation is 2. The van der Waals surface area contributed by atoms with Gasteiger partial charge in [0.25, 0.3) is 0 Å². The average Bonchev–Trinajstić information content (AvgIpc) is 3.06. The van der Waals surface area contributed by atoms with Crippen LogP contribution in [0.15, 0.2) is 36.4 Å². The Balaban J connectivity index is 1.56. The summed E-state index contributed by atoms with van der Waals surface area (Å²) < 4.78 is 2.27. The van der Waals surface area contributed by atoms with E-state index in [1.807, 2.05) is 6.07 Å². The van der Waals surface area contributed by atoms with E-state index < -0.39 is 0 Å². The molecule has 1 aliphatic heterocycles. The van der Waals surface area contributed by atoms with Gasteiger partial charge in [-0.15, -0.1) is 0 Å². The topological polar surface area (TPSA) is 44.5 Å². The van der Waals surface area contributed by atoms with E-state index >= 15 is 0 Å². The molecule has 0 saturated heterocycles. The van der Waals surface area contributed by atoms with E-state index in [1.165, 1.54) is 22.3 Å². The van der Waals surface area contributed by atoms with Gasteiger partial charge in [-0.25, -0.2) is 4.98 Å². The molecule has 160 valence electrons. The highest BCUT2D eigenvalue weighted by Crippen LogP contribution is 2.29. The molecule has 0 saturated carbocycles. The van der Waals surface area contributed by atoms with E-state index in [2.05, 4.69) is 79.3 Å². The van der Waals surface area contributed by atoms with Gasteiger partial charge in [0, 0.05) is 13.1 Å². The number of imidazole rings is 1. The van der Waals surface area contributed by atoms with Crippen LogP contribution in [0, 0.1) is 13.8 Å². The van der Waals surface area contributed by atoms with Crippen molar-refractivity contribution in [3.63, 3.8) is 0 Å². The van der Waals surface area contributed by atoms with Crippen LogP contribution in [0.3, 0.4) is 0 Å². The minimum Gasteiger partial charge on any atom is -0.395 e. The van der Waals surface area contributed by atoms with Crippen molar-refractivity contribution in [3.05, 3.63) is 58.7 Å². The number of aromatic nitrogens is 2. The number of anilines is 1. The Kier molecular flexibility index (Phi) is 5.60.